The van der Waals surface area contributed by atoms with Crippen LogP contribution in [0.25, 0.3) is 0 Å². The number of hydrogen-bond donors (Lipinski definition) is 1. The Hall–Kier alpha value is -0.0900. The monoisotopic (exact) mass is 275 g/mol. The minimum atomic E-state index is 0. The van der Waals surface area contributed by atoms with E-state index in [1.54, 1.807) is 0 Å². The van der Waals surface area contributed by atoms with Gasteiger partial charge < -0.3 is 27.2 Å². The molecule has 0 saturated carbocycles. The zero-order valence-corrected chi connectivity index (χ0v) is 10.8. The number of amides is 1. The average molecular weight is 276 g/mol. The maximum absolute atomic E-state index is 12.0. The molecule has 1 atom stereocenters. The summed E-state index contributed by atoms with van der Waals surface area (Å²) in [6.07, 6.45) is 5.94. The van der Waals surface area contributed by atoms with Gasteiger partial charge in [-0.2, -0.15) is 0 Å². The second kappa shape index (κ2) is 6.48. The van der Waals surface area contributed by atoms with E-state index in [0.717, 1.165) is 39.0 Å². The van der Waals surface area contributed by atoms with Crippen LogP contribution in [0.4, 0.5) is 0 Å². The quantitative estimate of drug-likeness (QED) is 0.601. The fourth-order valence-corrected chi connectivity index (χ4v) is 2.44. The molecule has 2 aliphatic heterocycles. The number of piperidine rings is 2. The van der Waals surface area contributed by atoms with E-state index in [1.807, 2.05) is 0 Å². The van der Waals surface area contributed by atoms with Crippen molar-refractivity contribution in [2.45, 2.75) is 32.1 Å². The van der Waals surface area contributed by atoms with Gasteiger partial charge in [-0.05, 0) is 38.6 Å². The second-order valence-electron chi connectivity index (χ2n) is 4.43. The van der Waals surface area contributed by atoms with Crippen molar-refractivity contribution in [3.8, 4) is 0 Å². The third kappa shape index (κ3) is 3.45. The number of carbonyl (C=O) groups excluding carboxylic acids is 1. The zero-order chi connectivity index (χ0) is 9.80. The highest BCUT2D eigenvalue weighted by Crippen LogP contribution is 2.17. The van der Waals surface area contributed by atoms with E-state index in [0.29, 0.717) is 5.91 Å². The molecule has 2 aliphatic rings. The largest absolute Gasteiger partial charge is 1.00 e. The first kappa shape index (κ1) is 13.0. The van der Waals surface area contributed by atoms with Gasteiger partial charge in [-0.1, -0.05) is 0 Å². The minimum Gasteiger partial charge on any atom is -1.00 e. The summed E-state index contributed by atoms with van der Waals surface area (Å²) in [5.41, 5.74) is 0. The molecule has 1 N–H and O–H groups in total. The summed E-state index contributed by atoms with van der Waals surface area (Å²) < 4.78 is 0. The van der Waals surface area contributed by atoms with Gasteiger partial charge in [-0.3, -0.25) is 4.79 Å². The smallest absolute Gasteiger partial charge is 0.226 e. The van der Waals surface area contributed by atoms with Crippen molar-refractivity contribution in [1.29, 1.82) is 0 Å². The molecule has 1 unspecified atom stereocenters. The third-order valence-electron chi connectivity index (χ3n) is 3.31. The standard InChI is InChI=1S/C11H20N2O.BrH/c14-11(10-5-4-6-12-9-10)13-7-2-1-3-8-13;/h10,12H,1-9H2;1H/p-1. The molecule has 0 aromatic rings. The molecule has 2 fully saturated rings. The van der Waals surface area contributed by atoms with Gasteiger partial charge in [0, 0.05) is 19.6 Å². The van der Waals surface area contributed by atoms with Crippen LogP contribution in [-0.2, 0) is 4.79 Å². The van der Waals surface area contributed by atoms with Gasteiger partial charge in [0.2, 0.25) is 5.91 Å². The lowest BCUT2D eigenvalue weighted by Gasteiger charge is -2.32. The number of nitrogens with zero attached hydrogens (tertiary/aromatic N) is 1. The molecule has 3 nitrogen and oxygen atoms in total. The predicted octanol–water partition coefficient (Wildman–Crippen LogP) is -2.00. The maximum Gasteiger partial charge on any atom is 0.226 e. The highest BCUT2D eigenvalue weighted by Gasteiger charge is 2.26. The van der Waals surface area contributed by atoms with Crippen LogP contribution in [0.5, 0.6) is 0 Å². The Bertz CT molecular complexity index is 179. The third-order valence-corrected chi connectivity index (χ3v) is 3.31. The van der Waals surface area contributed by atoms with Gasteiger partial charge >= 0.3 is 0 Å². The summed E-state index contributed by atoms with van der Waals surface area (Å²) in [5.74, 6) is 0.666. The molecule has 15 heavy (non-hydrogen) atoms. The van der Waals surface area contributed by atoms with Crippen molar-refractivity contribution < 1.29 is 21.8 Å². The van der Waals surface area contributed by atoms with E-state index in [-0.39, 0.29) is 22.9 Å². The van der Waals surface area contributed by atoms with E-state index in [4.69, 9.17) is 0 Å². The van der Waals surface area contributed by atoms with E-state index in [1.165, 1.54) is 19.3 Å². The van der Waals surface area contributed by atoms with Gasteiger partial charge in [0.1, 0.15) is 0 Å². The number of carbonyl (C=O) groups is 1. The molecule has 2 rings (SSSR count). The zero-order valence-electron chi connectivity index (χ0n) is 9.17. The van der Waals surface area contributed by atoms with Crippen LogP contribution in [0.3, 0.4) is 0 Å². The minimum absolute atomic E-state index is 0. The molecule has 0 aromatic carbocycles. The first-order valence-electron chi connectivity index (χ1n) is 5.87. The van der Waals surface area contributed by atoms with Crippen LogP contribution in [-0.4, -0.2) is 37.0 Å². The first-order chi connectivity index (χ1) is 6.88. The molecule has 0 radical (unpaired) electrons. The Morgan fingerprint density at radius 2 is 1.87 bits per heavy atom. The molecule has 2 saturated heterocycles. The highest BCUT2D eigenvalue weighted by atomic mass is 79.9. The van der Waals surface area contributed by atoms with Crippen molar-refractivity contribution >= 4 is 5.91 Å². The molecular weight excluding hydrogens is 256 g/mol. The van der Waals surface area contributed by atoms with Crippen LogP contribution in [0.2, 0.25) is 0 Å². The van der Waals surface area contributed by atoms with Crippen LogP contribution in [0.1, 0.15) is 32.1 Å². The number of halogens is 1. The lowest BCUT2D eigenvalue weighted by Crippen LogP contribution is -3.00. The normalized spacial score (nSPS) is 26.9. The number of likely N-dealkylation sites (tertiary alicyclic amines) is 1. The van der Waals surface area contributed by atoms with Gasteiger partial charge in [-0.25, -0.2) is 0 Å². The summed E-state index contributed by atoms with van der Waals surface area (Å²) in [4.78, 5) is 14.1. The SMILES string of the molecule is O=C(C1CCCNC1)N1CCCCC1.[Br-]. The average Bonchev–Trinajstić information content (AvgIpc) is 2.30. The molecule has 4 heteroatoms. The fourth-order valence-electron chi connectivity index (χ4n) is 2.44. The molecule has 0 spiro atoms. The molecule has 1 amide bonds. The Morgan fingerprint density at radius 1 is 1.13 bits per heavy atom. The van der Waals surface area contributed by atoms with Crippen molar-refractivity contribution in [1.82, 2.24) is 10.2 Å². The Kier molecular flexibility index (Phi) is 5.61. The Morgan fingerprint density at radius 3 is 2.47 bits per heavy atom. The molecular formula is C11H20BrN2O-. The van der Waals surface area contributed by atoms with Crippen molar-refractivity contribution in [3.05, 3.63) is 0 Å². The van der Waals surface area contributed by atoms with Crippen molar-refractivity contribution in [2.24, 2.45) is 5.92 Å². The molecule has 2 heterocycles. The van der Waals surface area contributed by atoms with Crippen LogP contribution < -0.4 is 22.3 Å². The van der Waals surface area contributed by atoms with Crippen molar-refractivity contribution in [2.75, 3.05) is 26.2 Å². The summed E-state index contributed by atoms with van der Waals surface area (Å²) >= 11 is 0. The van der Waals surface area contributed by atoms with E-state index in [2.05, 4.69) is 10.2 Å². The van der Waals surface area contributed by atoms with Crippen LogP contribution >= 0.6 is 0 Å². The van der Waals surface area contributed by atoms with Gasteiger partial charge in [0.15, 0.2) is 0 Å². The number of rotatable bonds is 1. The van der Waals surface area contributed by atoms with E-state index >= 15 is 0 Å². The highest BCUT2D eigenvalue weighted by molar-refractivity contribution is 5.79. The lowest BCUT2D eigenvalue weighted by molar-refractivity contribution is -0.136. The van der Waals surface area contributed by atoms with Crippen LogP contribution in [0.15, 0.2) is 0 Å². The summed E-state index contributed by atoms with van der Waals surface area (Å²) in [6, 6.07) is 0. The second-order valence-corrected chi connectivity index (χ2v) is 4.43. The molecule has 0 bridgehead atoms. The predicted molar refractivity (Wildman–Crippen MR) is 56.0 cm³/mol. The summed E-state index contributed by atoms with van der Waals surface area (Å²) in [6.45, 7) is 3.98. The number of nitrogens with one attached hydrogen (secondary N) is 1. The van der Waals surface area contributed by atoms with Gasteiger partial charge in [-0.15, -0.1) is 0 Å². The topological polar surface area (TPSA) is 32.3 Å². The van der Waals surface area contributed by atoms with Gasteiger partial charge in [0.25, 0.3) is 0 Å². The van der Waals surface area contributed by atoms with E-state index in [9.17, 15) is 4.79 Å². The van der Waals surface area contributed by atoms with Crippen molar-refractivity contribution in [3.63, 3.8) is 0 Å². The Labute approximate surface area is 102 Å². The van der Waals surface area contributed by atoms with Gasteiger partial charge in [0.05, 0.1) is 5.92 Å². The molecule has 0 aliphatic carbocycles. The number of hydrogen-bond acceptors (Lipinski definition) is 2. The molecule has 0 aromatic heterocycles. The maximum atomic E-state index is 12.0. The summed E-state index contributed by atoms with van der Waals surface area (Å²) in [5, 5.41) is 3.31. The first-order valence-corrected chi connectivity index (χ1v) is 5.87. The lowest BCUT2D eigenvalue weighted by atomic mass is 9.97. The van der Waals surface area contributed by atoms with E-state index < -0.39 is 0 Å². The Balaban J connectivity index is 0.00000112. The summed E-state index contributed by atoms with van der Waals surface area (Å²) in [7, 11) is 0. The van der Waals surface area contributed by atoms with Crippen LogP contribution in [0, 0.1) is 5.92 Å². The fraction of sp³-hybridized carbons (Fsp3) is 0.909. The molecule has 88 valence electrons.